The Labute approximate surface area is 123 Å². The summed E-state index contributed by atoms with van der Waals surface area (Å²) in [5.74, 6) is -0.272. The molecule has 1 aromatic heterocycles. The zero-order valence-electron chi connectivity index (χ0n) is 11.2. The number of alkyl halides is 3. The maximum atomic E-state index is 12.4. The van der Waals surface area contributed by atoms with Crippen LogP contribution in [0.4, 0.5) is 13.2 Å². The summed E-state index contributed by atoms with van der Waals surface area (Å²) in [6.07, 6.45) is -3.86. The van der Waals surface area contributed by atoms with E-state index < -0.39 is 11.7 Å². The molecule has 1 aromatic carbocycles. The Morgan fingerprint density at radius 2 is 1.95 bits per heavy atom. The molecule has 1 heterocycles. The molecule has 1 amide bonds. The van der Waals surface area contributed by atoms with Crippen molar-refractivity contribution >= 4 is 17.2 Å². The molecule has 0 unspecified atom stereocenters. The van der Waals surface area contributed by atoms with Gasteiger partial charge in [-0.2, -0.15) is 13.2 Å². The molecule has 0 spiro atoms. The van der Waals surface area contributed by atoms with Crippen LogP contribution in [-0.4, -0.2) is 17.4 Å². The second-order valence-corrected chi connectivity index (χ2v) is 5.51. The highest BCUT2D eigenvalue weighted by Gasteiger charge is 2.29. The first-order valence-electron chi connectivity index (χ1n) is 6.23. The van der Waals surface area contributed by atoms with Crippen LogP contribution in [0.5, 0.6) is 0 Å². The summed E-state index contributed by atoms with van der Waals surface area (Å²) >= 11 is 1.39. The van der Waals surface area contributed by atoms with Gasteiger partial charge in [-0.25, -0.2) is 4.98 Å². The SMILES string of the molecule is Cc1nc(C(=O)NCCc2ccc(C(F)(F)F)cc2)cs1. The average molecular weight is 314 g/mol. The van der Waals surface area contributed by atoms with Crippen LogP contribution in [0.3, 0.4) is 0 Å². The number of aryl methyl sites for hydroxylation is 1. The van der Waals surface area contributed by atoms with Gasteiger partial charge in [0.15, 0.2) is 0 Å². The van der Waals surface area contributed by atoms with Crippen LogP contribution in [0.1, 0.15) is 26.6 Å². The largest absolute Gasteiger partial charge is 0.416 e. The van der Waals surface area contributed by atoms with Crippen molar-refractivity contribution in [1.29, 1.82) is 0 Å². The first kappa shape index (κ1) is 15.5. The van der Waals surface area contributed by atoms with E-state index in [0.717, 1.165) is 22.7 Å². The number of halogens is 3. The molecule has 0 aliphatic rings. The van der Waals surface area contributed by atoms with Gasteiger partial charge >= 0.3 is 6.18 Å². The van der Waals surface area contributed by atoms with Crippen molar-refractivity contribution in [2.24, 2.45) is 0 Å². The molecule has 0 saturated carbocycles. The molecule has 0 aliphatic carbocycles. The minimum absolute atomic E-state index is 0.272. The van der Waals surface area contributed by atoms with Crippen LogP contribution >= 0.6 is 11.3 Å². The number of rotatable bonds is 4. The lowest BCUT2D eigenvalue weighted by molar-refractivity contribution is -0.137. The Bertz CT molecular complexity index is 620. The minimum atomic E-state index is -4.32. The van der Waals surface area contributed by atoms with E-state index in [0.29, 0.717) is 18.7 Å². The summed E-state index contributed by atoms with van der Waals surface area (Å²) in [6, 6.07) is 4.92. The van der Waals surface area contributed by atoms with E-state index >= 15 is 0 Å². The fraction of sp³-hybridized carbons (Fsp3) is 0.286. The molecular formula is C14H13F3N2OS. The number of hydrogen-bond donors (Lipinski definition) is 1. The number of hydrogen-bond acceptors (Lipinski definition) is 3. The molecule has 7 heteroatoms. The summed E-state index contributed by atoms with van der Waals surface area (Å²) in [7, 11) is 0. The molecule has 2 aromatic rings. The Hall–Kier alpha value is -1.89. The number of amides is 1. The summed E-state index contributed by atoms with van der Waals surface area (Å²) in [5, 5.41) is 5.17. The summed E-state index contributed by atoms with van der Waals surface area (Å²) in [5.41, 5.74) is 0.427. The third-order valence-electron chi connectivity index (χ3n) is 2.83. The lowest BCUT2D eigenvalue weighted by Crippen LogP contribution is -2.26. The Balaban J connectivity index is 1.85. The smallest absolute Gasteiger partial charge is 0.350 e. The van der Waals surface area contributed by atoms with Gasteiger partial charge in [0.1, 0.15) is 5.69 Å². The molecule has 0 saturated heterocycles. The first-order valence-corrected chi connectivity index (χ1v) is 7.10. The van der Waals surface area contributed by atoms with Crippen LogP contribution in [0.15, 0.2) is 29.6 Å². The highest BCUT2D eigenvalue weighted by atomic mass is 32.1. The average Bonchev–Trinajstić information content (AvgIpc) is 2.85. The van der Waals surface area contributed by atoms with E-state index in [9.17, 15) is 18.0 Å². The van der Waals surface area contributed by atoms with Crippen molar-refractivity contribution in [1.82, 2.24) is 10.3 Å². The van der Waals surface area contributed by atoms with Gasteiger partial charge in [0, 0.05) is 11.9 Å². The molecule has 0 bridgehead atoms. The van der Waals surface area contributed by atoms with Gasteiger partial charge < -0.3 is 5.32 Å². The van der Waals surface area contributed by atoms with Crippen LogP contribution in [-0.2, 0) is 12.6 Å². The second-order valence-electron chi connectivity index (χ2n) is 4.45. The zero-order chi connectivity index (χ0) is 15.5. The van der Waals surface area contributed by atoms with Gasteiger partial charge in [0.25, 0.3) is 5.91 Å². The molecule has 0 fully saturated rings. The molecule has 2 rings (SSSR count). The van der Waals surface area contributed by atoms with Crippen LogP contribution in [0.25, 0.3) is 0 Å². The topological polar surface area (TPSA) is 42.0 Å². The fourth-order valence-corrected chi connectivity index (χ4v) is 2.33. The molecule has 0 radical (unpaired) electrons. The van der Waals surface area contributed by atoms with Crippen molar-refractivity contribution in [3.8, 4) is 0 Å². The van der Waals surface area contributed by atoms with Crippen molar-refractivity contribution in [3.05, 3.63) is 51.5 Å². The normalized spacial score (nSPS) is 11.4. The summed E-state index contributed by atoms with van der Waals surface area (Å²) in [4.78, 5) is 15.8. The molecule has 1 N–H and O–H groups in total. The van der Waals surface area contributed by atoms with Gasteiger partial charge in [-0.05, 0) is 31.0 Å². The highest BCUT2D eigenvalue weighted by molar-refractivity contribution is 7.09. The molecule has 3 nitrogen and oxygen atoms in total. The van der Waals surface area contributed by atoms with Gasteiger partial charge in [0.2, 0.25) is 0 Å². The summed E-state index contributed by atoms with van der Waals surface area (Å²) < 4.78 is 37.2. The van der Waals surface area contributed by atoms with E-state index in [1.165, 1.54) is 23.5 Å². The predicted molar refractivity (Wildman–Crippen MR) is 74.3 cm³/mol. The highest BCUT2D eigenvalue weighted by Crippen LogP contribution is 2.29. The zero-order valence-corrected chi connectivity index (χ0v) is 12.0. The van der Waals surface area contributed by atoms with E-state index in [1.54, 1.807) is 5.38 Å². The van der Waals surface area contributed by atoms with Crippen molar-refractivity contribution < 1.29 is 18.0 Å². The van der Waals surface area contributed by atoms with Gasteiger partial charge in [-0.1, -0.05) is 12.1 Å². The molecule has 0 atom stereocenters. The number of aromatic nitrogens is 1. The van der Waals surface area contributed by atoms with Crippen LogP contribution in [0, 0.1) is 6.92 Å². The van der Waals surface area contributed by atoms with Crippen molar-refractivity contribution in [3.63, 3.8) is 0 Å². The Kier molecular flexibility index (Phi) is 4.62. The third-order valence-corrected chi connectivity index (χ3v) is 3.61. The lowest BCUT2D eigenvalue weighted by atomic mass is 10.1. The van der Waals surface area contributed by atoms with E-state index in [2.05, 4.69) is 10.3 Å². The van der Waals surface area contributed by atoms with Gasteiger partial charge in [-0.15, -0.1) is 11.3 Å². The fourth-order valence-electron chi connectivity index (χ4n) is 1.74. The number of benzene rings is 1. The first-order chi connectivity index (χ1) is 9.86. The van der Waals surface area contributed by atoms with E-state index in [-0.39, 0.29) is 5.91 Å². The number of nitrogens with zero attached hydrogens (tertiary/aromatic N) is 1. The monoisotopic (exact) mass is 314 g/mol. The standard InChI is InChI=1S/C14H13F3N2OS/c1-9-19-12(8-21-9)13(20)18-7-6-10-2-4-11(5-3-10)14(15,16)17/h2-5,8H,6-7H2,1H3,(H,18,20). The summed E-state index contributed by atoms with van der Waals surface area (Å²) in [6.45, 7) is 2.16. The minimum Gasteiger partial charge on any atom is -0.350 e. The van der Waals surface area contributed by atoms with E-state index in [4.69, 9.17) is 0 Å². The van der Waals surface area contributed by atoms with Crippen LogP contribution < -0.4 is 5.32 Å². The van der Waals surface area contributed by atoms with Crippen LogP contribution in [0.2, 0.25) is 0 Å². The quantitative estimate of drug-likeness (QED) is 0.939. The predicted octanol–water partition coefficient (Wildman–Crippen LogP) is 3.44. The third kappa shape index (κ3) is 4.29. The second kappa shape index (κ2) is 6.26. The number of nitrogens with one attached hydrogen (secondary N) is 1. The van der Waals surface area contributed by atoms with Crippen molar-refractivity contribution in [2.75, 3.05) is 6.54 Å². The van der Waals surface area contributed by atoms with E-state index in [1.807, 2.05) is 6.92 Å². The molecule has 0 aliphatic heterocycles. The van der Waals surface area contributed by atoms with Gasteiger partial charge in [0.05, 0.1) is 10.6 Å². The molecule has 21 heavy (non-hydrogen) atoms. The Morgan fingerprint density at radius 1 is 1.29 bits per heavy atom. The number of carbonyl (C=O) groups is 1. The molecule has 112 valence electrons. The number of carbonyl (C=O) groups excluding carboxylic acids is 1. The van der Waals surface area contributed by atoms with Crippen molar-refractivity contribution in [2.45, 2.75) is 19.5 Å². The maximum absolute atomic E-state index is 12.4. The lowest BCUT2D eigenvalue weighted by Gasteiger charge is -2.08. The Morgan fingerprint density at radius 3 is 2.48 bits per heavy atom. The maximum Gasteiger partial charge on any atom is 0.416 e. The molecular weight excluding hydrogens is 301 g/mol. The number of thiazole rings is 1. The van der Waals surface area contributed by atoms with Gasteiger partial charge in [-0.3, -0.25) is 4.79 Å².